The van der Waals surface area contributed by atoms with E-state index >= 15 is 0 Å². The van der Waals surface area contributed by atoms with E-state index < -0.39 is 11.9 Å². The summed E-state index contributed by atoms with van der Waals surface area (Å²) >= 11 is 0. The van der Waals surface area contributed by atoms with Crippen LogP contribution < -0.4 is 4.74 Å². The first-order chi connectivity index (χ1) is 8.05. The van der Waals surface area contributed by atoms with E-state index in [1.165, 1.54) is 6.07 Å². The Hall–Kier alpha value is -2.04. The first-order valence-corrected chi connectivity index (χ1v) is 4.82. The monoisotopic (exact) mass is 239 g/mol. The van der Waals surface area contributed by atoms with Gasteiger partial charge in [0.25, 0.3) is 0 Å². The van der Waals surface area contributed by atoms with E-state index in [1.807, 2.05) is 0 Å². The van der Waals surface area contributed by atoms with Gasteiger partial charge in [-0.15, -0.1) is 0 Å². The lowest BCUT2D eigenvalue weighted by Gasteiger charge is -2.08. The van der Waals surface area contributed by atoms with Crippen LogP contribution in [0, 0.1) is 0 Å². The standard InChI is InChI=1S/C12H8F3NO/c13-12(14,15)11-8-10(6-7-16-11)17-9-4-2-1-3-5-9/h1-8H. The lowest BCUT2D eigenvalue weighted by atomic mass is 10.3. The van der Waals surface area contributed by atoms with E-state index in [-0.39, 0.29) is 5.75 Å². The third-order valence-electron chi connectivity index (χ3n) is 2.00. The summed E-state index contributed by atoms with van der Waals surface area (Å²) in [6.45, 7) is 0. The summed E-state index contributed by atoms with van der Waals surface area (Å²) in [6.07, 6.45) is -3.39. The summed E-state index contributed by atoms with van der Waals surface area (Å²) in [5.74, 6) is 0.588. The number of pyridine rings is 1. The van der Waals surface area contributed by atoms with Crippen LogP contribution in [0.5, 0.6) is 11.5 Å². The molecule has 0 fully saturated rings. The quantitative estimate of drug-likeness (QED) is 0.793. The molecule has 0 aliphatic heterocycles. The Balaban J connectivity index is 2.23. The minimum atomic E-state index is -4.46. The van der Waals surface area contributed by atoms with Crippen molar-refractivity contribution in [3.05, 3.63) is 54.4 Å². The summed E-state index contributed by atoms with van der Waals surface area (Å²) in [7, 11) is 0. The zero-order valence-corrected chi connectivity index (χ0v) is 8.61. The van der Waals surface area contributed by atoms with Gasteiger partial charge in [0.2, 0.25) is 0 Å². The number of para-hydroxylation sites is 1. The van der Waals surface area contributed by atoms with Crippen LogP contribution in [0.1, 0.15) is 5.69 Å². The predicted octanol–water partition coefficient (Wildman–Crippen LogP) is 3.89. The largest absolute Gasteiger partial charge is 0.457 e. The smallest absolute Gasteiger partial charge is 0.433 e. The molecule has 0 amide bonds. The topological polar surface area (TPSA) is 22.1 Å². The summed E-state index contributed by atoms with van der Waals surface area (Å²) in [4.78, 5) is 3.25. The maximum atomic E-state index is 12.4. The van der Waals surface area contributed by atoms with Crippen LogP contribution in [0.3, 0.4) is 0 Å². The molecular formula is C12H8F3NO. The highest BCUT2D eigenvalue weighted by Gasteiger charge is 2.32. The normalized spacial score (nSPS) is 11.2. The van der Waals surface area contributed by atoms with Crippen LogP contribution in [0.25, 0.3) is 0 Å². The van der Waals surface area contributed by atoms with Gasteiger partial charge in [-0.2, -0.15) is 13.2 Å². The van der Waals surface area contributed by atoms with Crippen molar-refractivity contribution >= 4 is 0 Å². The SMILES string of the molecule is FC(F)(F)c1cc(Oc2ccccc2)ccn1. The zero-order chi connectivity index (χ0) is 12.3. The van der Waals surface area contributed by atoms with Gasteiger partial charge in [0, 0.05) is 12.3 Å². The van der Waals surface area contributed by atoms with Crippen molar-refractivity contribution in [2.45, 2.75) is 6.18 Å². The van der Waals surface area contributed by atoms with Crippen LogP contribution in [0.15, 0.2) is 48.7 Å². The molecule has 0 radical (unpaired) electrons. The molecule has 0 aliphatic rings. The zero-order valence-electron chi connectivity index (χ0n) is 8.61. The molecule has 0 unspecified atom stereocenters. The van der Waals surface area contributed by atoms with E-state index in [0.717, 1.165) is 12.3 Å². The van der Waals surface area contributed by atoms with Gasteiger partial charge < -0.3 is 4.74 Å². The summed E-state index contributed by atoms with van der Waals surface area (Å²) in [5, 5.41) is 0. The molecule has 0 N–H and O–H groups in total. The van der Waals surface area contributed by atoms with E-state index in [9.17, 15) is 13.2 Å². The fourth-order valence-electron chi connectivity index (χ4n) is 1.25. The molecule has 1 heterocycles. The van der Waals surface area contributed by atoms with Gasteiger partial charge in [0.1, 0.15) is 17.2 Å². The van der Waals surface area contributed by atoms with Crippen molar-refractivity contribution in [1.82, 2.24) is 4.98 Å². The minimum Gasteiger partial charge on any atom is -0.457 e. The van der Waals surface area contributed by atoms with Crippen molar-refractivity contribution in [3.8, 4) is 11.5 Å². The van der Waals surface area contributed by atoms with Gasteiger partial charge in [-0.25, -0.2) is 0 Å². The summed E-state index contributed by atoms with van der Waals surface area (Å²) in [5.41, 5.74) is -0.967. The van der Waals surface area contributed by atoms with Gasteiger partial charge in [-0.3, -0.25) is 4.98 Å². The maximum Gasteiger partial charge on any atom is 0.433 e. The van der Waals surface area contributed by atoms with Gasteiger partial charge in [0.05, 0.1) is 0 Å². The van der Waals surface area contributed by atoms with Crippen LogP contribution in [-0.4, -0.2) is 4.98 Å². The van der Waals surface area contributed by atoms with E-state index in [2.05, 4.69) is 4.98 Å². The molecular weight excluding hydrogens is 231 g/mol. The predicted molar refractivity (Wildman–Crippen MR) is 55.8 cm³/mol. The van der Waals surface area contributed by atoms with Crippen molar-refractivity contribution in [2.75, 3.05) is 0 Å². The number of ether oxygens (including phenoxy) is 1. The molecule has 0 aliphatic carbocycles. The Morgan fingerprint density at radius 1 is 0.941 bits per heavy atom. The van der Waals surface area contributed by atoms with Crippen LogP contribution in [0.4, 0.5) is 13.2 Å². The Morgan fingerprint density at radius 2 is 1.65 bits per heavy atom. The Morgan fingerprint density at radius 3 is 2.29 bits per heavy atom. The highest BCUT2D eigenvalue weighted by molar-refractivity contribution is 5.31. The number of hydrogen-bond acceptors (Lipinski definition) is 2. The molecule has 5 heteroatoms. The number of halogens is 3. The molecule has 0 saturated carbocycles. The van der Waals surface area contributed by atoms with E-state index in [1.54, 1.807) is 30.3 Å². The van der Waals surface area contributed by atoms with Gasteiger partial charge in [-0.1, -0.05) is 18.2 Å². The molecule has 17 heavy (non-hydrogen) atoms. The van der Waals surface area contributed by atoms with Crippen molar-refractivity contribution in [2.24, 2.45) is 0 Å². The number of rotatable bonds is 2. The summed E-state index contributed by atoms with van der Waals surface area (Å²) < 4.78 is 42.4. The molecule has 0 bridgehead atoms. The van der Waals surface area contributed by atoms with Gasteiger partial charge in [-0.05, 0) is 18.2 Å². The molecule has 1 aromatic heterocycles. The van der Waals surface area contributed by atoms with Gasteiger partial charge in [0.15, 0.2) is 0 Å². The molecule has 88 valence electrons. The second-order valence-corrected chi connectivity index (χ2v) is 3.29. The average Bonchev–Trinajstić information content (AvgIpc) is 2.29. The van der Waals surface area contributed by atoms with Crippen molar-refractivity contribution in [3.63, 3.8) is 0 Å². The minimum absolute atomic E-state index is 0.110. The van der Waals surface area contributed by atoms with Crippen LogP contribution >= 0.6 is 0 Å². The molecule has 0 atom stereocenters. The third kappa shape index (κ3) is 2.96. The summed E-state index contributed by atoms with van der Waals surface area (Å²) in [6, 6.07) is 10.8. The van der Waals surface area contributed by atoms with Crippen LogP contribution in [0.2, 0.25) is 0 Å². The lowest BCUT2D eigenvalue weighted by Crippen LogP contribution is -2.07. The molecule has 1 aromatic carbocycles. The molecule has 2 rings (SSSR count). The highest BCUT2D eigenvalue weighted by Crippen LogP contribution is 2.30. The van der Waals surface area contributed by atoms with E-state index in [4.69, 9.17) is 4.74 Å². The van der Waals surface area contributed by atoms with Gasteiger partial charge >= 0.3 is 6.18 Å². The maximum absolute atomic E-state index is 12.4. The third-order valence-corrected chi connectivity index (χ3v) is 2.00. The molecule has 2 aromatic rings. The molecule has 0 spiro atoms. The molecule has 0 saturated heterocycles. The number of hydrogen-bond donors (Lipinski definition) is 0. The Labute approximate surface area is 95.7 Å². The number of benzene rings is 1. The molecule has 2 nitrogen and oxygen atoms in total. The van der Waals surface area contributed by atoms with Crippen LogP contribution in [-0.2, 0) is 6.18 Å². The first kappa shape index (κ1) is 11.4. The second-order valence-electron chi connectivity index (χ2n) is 3.29. The average molecular weight is 239 g/mol. The van der Waals surface area contributed by atoms with Crippen molar-refractivity contribution < 1.29 is 17.9 Å². The lowest BCUT2D eigenvalue weighted by molar-refractivity contribution is -0.141. The number of alkyl halides is 3. The van der Waals surface area contributed by atoms with E-state index in [0.29, 0.717) is 5.75 Å². The Bertz CT molecular complexity index is 497. The fourth-order valence-corrected chi connectivity index (χ4v) is 1.25. The number of nitrogens with zero attached hydrogens (tertiary/aromatic N) is 1. The van der Waals surface area contributed by atoms with Crippen molar-refractivity contribution in [1.29, 1.82) is 0 Å². The fraction of sp³-hybridized carbons (Fsp3) is 0.0833. The first-order valence-electron chi connectivity index (χ1n) is 4.82. The highest BCUT2D eigenvalue weighted by atomic mass is 19.4. The number of aromatic nitrogens is 1. The Kier molecular flexibility index (Phi) is 2.99. The second kappa shape index (κ2) is 4.45.